The summed E-state index contributed by atoms with van der Waals surface area (Å²) in [6, 6.07) is 8.50. The number of nitrogens with zero attached hydrogens (tertiary/aromatic N) is 3. The van der Waals surface area contributed by atoms with Gasteiger partial charge in [-0.05, 0) is 19.5 Å². The molecule has 0 spiro atoms. The lowest BCUT2D eigenvalue weighted by Gasteiger charge is -2.13. The highest BCUT2D eigenvalue weighted by molar-refractivity contribution is 7.09. The number of anilines is 1. The molecule has 0 saturated heterocycles. The Morgan fingerprint density at radius 1 is 1.37 bits per heavy atom. The summed E-state index contributed by atoms with van der Waals surface area (Å²) in [5.41, 5.74) is 2.54. The molecule has 102 valence electrons. The second kappa shape index (κ2) is 6.63. The van der Waals surface area contributed by atoms with Gasteiger partial charge >= 0.3 is 0 Å². The molecule has 0 unspecified atom stereocenters. The van der Waals surface area contributed by atoms with Crippen LogP contribution in [0.4, 0.5) is 5.13 Å². The molecule has 5 heteroatoms. The quantitative estimate of drug-likeness (QED) is 0.877. The van der Waals surface area contributed by atoms with E-state index >= 15 is 0 Å². The number of aromatic nitrogens is 2. The third kappa shape index (κ3) is 4.01. The summed E-state index contributed by atoms with van der Waals surface area (Å²) in [6.45, 7) is 3.99. The maximum atomic E-state index is 4.59. The molecule has 0 aliphatic carbocycles. The van der Waals surface area contributed by atoms with E-state index in [0.29, 0.717) is 0 Å². The Balaban J connectivity index is 2.01. The van der Waals surface area contributed by atoms with Crippen molar-refractivity contribution in [3.63, 3.8) is 0 Å². The van der Waals surface area contributed by atoms with Gasteiger partial charge in [0.05, 0.1) is 0 Å². The zero-order valence-corrected chi connectivity index (χ0v) is 12.5. The Morgan fingerprint density at radius 2 is 2.21 bits per heavy atom. The molecule has 19 heavy (non-hydrogen) atoms. The summed E-state index contributed by atoms with van der Waals surface area (Å²) >= 11 is 1.47. The molecule has 0 aliphatic rings. The predicted molar refractivity (Wildman–Crippen MR) is 81.1 cm³/mol. The molecule has 0 saturated carbocycles. The molecule has 1 aromatic heterocycles. The topological polar surface area (TPSA) is 41.0 Å². The van der Waals surface area contributed by atoms with Gasteiger partial charge < -0.3 is 10.2 Å². The van der Waals surface area contributed by atoms with Gasteiger partial charge in [-0.15, -0.1) is 0 Å². The van der Waals surface area contributed by atoms with Crippen molar-refractivity contribution in [3.8, 4) is 0 Å². The zero-order chi connectivity index (χ0) is 13.7. The Labute approximate surface area is 118 Å². The molecule has 0 aliphatic heterocycles. The Morgan fingerprint density at radius 3 is 2.95 bits per heavy atom. The average Bonchev–Trinajstić information content (AvgIpc) is 2.84. The summed E-state index contributed by atoms with van der Waals surface area (Å²) < 4.78 is 4.44. The molecule has 0 atom stereocenters. The lowest BCUT2D eigenvalue weighted by Crippen LogP contribution is -2.26. The van der Waals surface area contributed by atoms with Gasteiger partial charge in [-0.3, -0.25) is 0 Å². The first-order chi connectivity index (χ1) is 9.19. The van der Waals surface area contributed by atoms with Crippen LogP contribution in [0.5, 0.6) is 0 Å². The Kier molecular flexibility index (Phi) is 4.87. The molecule has 0 radical (unpaired) electrons. The summed E-state index contributed by atoms with van der Waals surface area (Å²) in [4.78, 5) is 6.73. The first-order valence-corrected chi connectivity index (χ1v) is 7.20. The molecule has 1 N–H and O–H groups in total. The van der Waals surface area contributed by atoms with Crippen LogP contribution in [0.15, 0.2) is 24.3 Å². The van der Waals surface area contributed by atoms with Crippen LogP contribution >= 0.6 is 11.5 Å². The third-order valence-electron chi connectivity index (χ3n) is 2.93. The van der Waals surface area contributed by atoms with E-state index in [9.17, 15) is 0 Å². The number of rotatable bonds is 6. The zero-order valence-electron chi connectivity index (χ0n) is 11.7. The predicted octanol–water partition coefficient (Wildman–Crippen LogP) is 2.09. The number of hydrogen-bond donors (Lipinski definition) is 1. The largest absolute Gasteiger partial charge is 0.349 e. The number of hydrogen-bond acceptors (Lipinski definition) is 5. The summed E-state index contributed by atoms with van der Waals surface area (Å²) in [5.74, 6) is 0.905. The van der Waals surface area contributed by atoms with Crippen LogP contribution in [0.1, 0.15) is 17.0 Å². The molecule has 4 nitrogen and oxygen atoms in total. The Bertz CT molecular complexity index is 524. The lowest BCUT2D eigenvalue weighted by atomic mass is 10.1. The number of aryl methyl sites for hydroxylation is 1. The van der Waals surface area contributed by atoms with Crippen LogP contribution < -0.4 is 10.2 Å². The van der Waals surface area contributed by atoms with Crippen LogP contribution in [0, 0.1) is 6.92 Å². The highest BCUT2D eigenvalue weighted by atomic mass is 32.1. The van der Waals surface area contributed by atoms with Gasteiger partial charge in [-0.1, -0.05) is 29.8 Å². The van der Waals surface area contributed by atoms with Gasteiger partial charge in [0.1, 0.15) is 5.82 Å². The van der Waals surface area contributed by atoms with Crippen molar-refractivity contribution < 1.29 is 0 Å². The van der Waals surface area contributed by atoms with Gasteiger partial charge in [0.25, 0.3) is 0 Å². The van der Waals surface area contributed by atoms with Crippen LogP contribution in [-0.4, -0.2) is 36.5 Å². The standard InChI is InChI=1S/C14H20N4S/c1-11-5-4-6-12(9-11)10-13-16-14(19-17-13)18(3)8-7-15-2/h4-6,9,15H,7-8,10H2,1-3H3. The van der Waals surface area contributed by atoms with E-state index in [2.05, 4.69) is 50.8 Å². The van der Waals surface area contributed by atoms with E-state index in [1.807, 2.05) is 14.1 Å². The van der Waals surface area contributed by atoms with Crippen molar-refractivity contribution in [2.45, 2.75) is 13.3 Å². The van der Waals surface area contributed by atoms with Crippen molar-refractivity contribution in [1.29, 1.82) is 0 Å². The molecule has 1 heterocycles. The minimum absolute atomic E-state index is 0.804. The van der Waals surface area contributed by atoms with Gasteiger partial charge in [0, 0.05) is 38.1 Å². The second-order valence-corrected chi connectivity index (χ2v) is 5.41. The monoisotopic (exact) mass is 276 g/mol. The van der Waals surface area contributed by atoms with Gasteiger partial charge in [-0.25, -0.2) is 4.98 Å². The van der Waals surface area contributed by atoms with Crippen molar-refractivity contribution in [2.75, 3.05) is 32.1 Å². The van der Waals surface area contributed by atoms with Gasteiger partial charge in [0.15, 0.2) is 0 Å². The van der Waals surface area contributed by atoms with E-state index in [0.717, 1.165) is 30.5 Å². The molecule has 0 fully saturated rings. The average molecular weight is 276 g/mol. The maximum Gasteiger partial charge on any atom is 0.204 e. The summed E-state index contributed by atoms with van der Waals surface area (Å²) in [6.07, 6.45) is 0.804. The molecule has 2 aromatic rings. The number of nitrogens with one attached hydrogen (secondary N) is 1. The van der Waals surface area contributed by atoms with Crippen LogP contribution in [0.3, 0.4) is 0 Å². The molecule has 0 bridgehead atoms. The van der Waals surface area contributed by atoms with Gasteiger partial charge in [0.2, 0.25) is 5.13 Å². The lowest BCUT2D eigenvalue weighted by molar-refractivity contribution is 0.765. The van der Waals surface area contributed by atoms with Gasteiger partial charge in [-0.2, -0.15) is 4.37 Å². The summed E-state index contributed by atoms with van der Waals surface area (Å²) in [5, 5.41) is 4.12. The van der Waals surface area contributed by atoms with Crippen molar-refractivity contribution in [3.05, 3.63) is 41.2 Å². The van der Waals surface area contributed by atoms with Crippen molar-refractivity contribution >= 4 is 16.7 Å². The summed E-state index contributed by atoms with van der Waals surface area (Å²) in [7, 11) is 4.01. The second-order valence-electron chi connectivity index (χ2n) is 4.68. The minimum atomic E-state index is 0.804. The highest BCUT2D eigenvalue weighted by Crippen LogP contribution is 2.17. The van der Waals surface area contributed by atoms with E-state index in [4.69, 9.17) is 0 Å². The fourth-order valence-corrected chi connectivity index (χ4v) is 2.52. The number of likely N-dealkylation sites (N-methyl/N-ethyl adjacent to an activating group) is 2. The SMILES string of the molecule is CNCCN(C)c1nc(Cc2cccc(C)c2)ns1. The van der Waals surface area contributed by atoms with Crippen LogP contribution in [0.25, 0.3) is 0 Å². The van der Waals surface area contributed by atoms with E-state index in [1.165, 1.54) is 22.7 Å². The Hall–Kier alpha value is -1.46. The fraction of sp³-hybridized carbons (Fsp3) is 0.429. The first-order valence-electron chi connectivity index (χ1n) is 6.43. The number of benzene rings is 1. The van der Waals surface area contributed by atoms with E-state index in [-0.39, 0.29) is 0 Å². The fourth-order valence-electron chi connectivity index (χ4n) is 1.85. The minimum Gasteiger partial charge on any atom is -0.349 e. The van der Waals surface area contributed by atoms with E-state index in [1.54, 1.807) is 0 Å². The highest BCUT2D eigenvalue weighted by Gasteiger charge is 2.08. The van der Waals surface area contributed by atoms with E-state index < -0.39 is 0 Å². The third-order valence-corrected chi connectivity index (χ3v) is 3.79. The molecule has 2 rings (SSSR count). The van der Waals surface area contributed by atoms with Crippen molar-refractivity contribution in [2.24, 2.45) is 0 Å². The first kappa shape index (κ1) is 14.0. The molecule has 1 aromatic carbocycles. The maximum absolute atomic E-state index is 4.59. The molecular formula is C14H20N4S. The molecular weight excluding hydrogens is 256 g/mol. The normalized spacial score (nSPS) is 10.7. The van der Waals surface area contributed by atoms with Crippen LogP contribution in [-0.2, 0) is 6.42 Å². The smallest absolute Gasteiger partial charge is 0.204 e. The van der Waals surface area contributed by atoms with Crippen molar-refractivity contribution in [1.82, 2.24) is 14.7 Å². The molecule has 0 amide bonds. The van der Waals surface area contributed by atoms with Crippen LogP contribution in [0.2, 0.25) is 0 Å².